The minimum Gasteiger partial charge on any atom is -0.497 e. The van der Waals surface area contributed by atoms with Gasteiger partial charge in [-0.25, -0.2) is 4.68 Å². The second-order valence-corrected chi connectivity index (χ2v) is 6.54. The molecule has 0 aliphatic carbocycles. The fourth-order valence-corrected chi connectivity index (χ4v) is 3.16. The highest BCUT2D eigenvalue weighted by atomic mass is 35.5. The largest absolute Gasteiger partial charge is 0.497 e. The molecule has 1 atom stereocenters. The first kappa shape index (κ1) is 17.5. The molecule has 27 heavy (non-hydrogen) atoms. The fraction of sp³-hybridized carbons (Fsp3) is 0.211. The van der Waals surface area contributed by atoms with E-state index in [1.807, 2.05) is 24.3 Å². The Bertz CT molecular complexity index is 971. The molecular formula is C19H17ClN4O3. The number of hydrogen-bond donors (Lipinski definition) is 1. The third-order valence-corrected chi connectivity index (χ3v) is 4.62. The number of aromatic nitrogens is 3. The number of halogens is 1. The van der Waals surface area contributed by atoms with Gasteiger partial charge in [-0.2, -0.15) is 0 Å². The number of hydrogen-bond acceptors (Lipinski definition) is 5. The maximum absolute atomic E-state index is 12.5. The number of carbonyl (C=O) groups is 1. The molecule has 8 heteroatoms. The number of fused-ring (bicyclic) bond motifs is 1. The van der Waals surface area contributed by atoms with E-state index in [0.29, 0.717) is 22.9 Å². The summed E-state index contributed by atoms with van der Waals surface area (Å²) in [5, 5.41) is 11.5. The highest BCUT2D eigenvalue weighted by molar-refractivity contribution is 6.30. The van der Waals surface area contributed by atoms with Crippen molar-refractivity contribution in [3.8, 4) is 5.75 Å². The van der Waals surface area contributed by atoms with Crippen molar-refractivity contribution in [1.29, 1.82) is 0 Å². The number of nitrogens with one attached hydrogen (secondary N) is 1. The van der Waals surface area contributed by atoms with E-state index in [4.69, 9.17) is 21.1 Å². The Kier molecular flexibility index (Phi) is 4.79. The minimum absolute atomic E-state index is 0.158. The van der Waals surface area contributed by atoms with Crippen molar-refractivity contribution in [2.24, 2.45) is 0 Å². The van der Waals surface area contributed by atoms with E-state index in [9.17, 15) is 4.79 Å². The highest BCUT2D eigenvalue weighted by Crippen LogP contribution is 2.28. The normalized spacial score (nSPS) is 15.9. The summed E-state index contributed by atoms with van der Waals surface area (Å²) in [5.74, 6) is 0.445. The van der Waals surface area contributed by atoms with Gasteiger partial charge in [0, 0.05) is 10.7 Å². The molecule has 0 saturated heterocycles. The molecule has 0 fully saturated rings. The summed E-state index contributed by atoms with van der Waals surface area (Å²) >= 11 is 5.95. The van der Waals surface area contributed by atoms with E-state index in [-0.39, 0.29) is 24.3 Å². The van der Waals surface area contributed by atoms with Crippen LogP contribution in [0.5, 0.6) is 5.75 Å². The molecule has 138 valence electrons. The number of rotatable bonds is 4. The van der Waals surface area contributed by atoms with E-state index in [1.54, 1.807) is 36.1 Å². The second-order valence-electron chi connectivity index (χ2n) is 6.10. The summed E-state index contributed by atoms with van der Waals surface area (Å²) < 4.78 is 12.8. The maximum Gasteiger partial charge on any atom is 0.278 e. The van der Waals surface area contributed by atoms with E-state index in [2.05, 4.69) is 15.6 Å². The van der Waals surface area contributed by atoms with Crippen LogP contribution in [0.25, 0.3) is 0 Å². The minimum atomic E-state index is -0.343. The van der Waals surface area contributed by atoms with Gasteiger partial charge in [-0.15, -0.1) is 5.10 Å². The number of amides is 1. The molecule has 4 rings (SSSR count). The van der Waals surface area contributed by atoms with Gasteiger partial charge in [-0.05, 0) is 35.9 Å². The van der Waals surface area contributed by atoms with Crippen LogP contribution in [-0.2, 0) is 17.9 Å². The number of carbonyl (C=O) groups excluding carboxylic acids is 1. The molecule has 7 nitrogen and oxygen atoms in total. The molecule has 0 saturated carbocycles. The average molecular weight is 385 g/mol. The van der Waals surface area contributed by atoms with Crippen LogP contribution in [-0.4, -0.2) is 28.0 Å². The third kappa shape index (κ3) is 3.65. The molecule has 0 bridgehead atoms. The lowest BCUT2D eigenvalue weighted by molar-refractivity contribution is -0.00173. The Morgan fingerprint density at radius 1 is 1.30 bits per heavy atom. The third-order valence-electron chi connectivity index (χ3n) is 4.38. The van der Waals surface area contributed by atoms with Crippen molar-refractivity contribution in [2.75, 3.05) is 12.4 Å². The molecule has 0 unspecified atom stereocenters. The summed E-state index contributed by atoms with van der Waals surface area (Å²) in [6, 6.07) is 14.6. The Labute approximate surface area is 160 Å². The monoisotopic (exact) mass is 384 g/mol. The quantitative estimate of drug-likeness (QED) is 0.745. The Balaban J connectivity index is 1.50. The highest BCUT2D eigenvalue weighted by Gasteiger charge is 2.27. The zero-order valence-corrected chi connectivity index (χ0v) is 15.3. The van der Waals surface area contributed by atoms with Crippen molar-refractivity contribution in [3.05, 3.63) is 70.5 Å². The zero-order chi connectivity index (χ0) is 18.8. The van der Waals surface area contributed by atoms with Gasteiger partial charge in [-0.1, -0.05) is 35.0 Å². The summed E-state index contributed by atoms with van der Waals surface area (Å²) in [5.41, 5.74) is 2.52. The second kappa shape index (κ2) is 7.38. The smallest absolute Gasteiger partial charge is 0.278 e. The van der Waals surface area contributed by atoms with Crippen LogP contribution < -0.4 is 10.1 Å². The Hall–Kier alpha value is -2.90. The standard InChI is InChI=1S/C19H17ClN4O3/c1-26-15-7-5-12(6-8-15)17-10-24-16(11-27-17)18(22-23-24)19(25)21-14-4-2-3-13(20)9-14/h2-9,17H,10-11H2,1H3,(H,21,25)/t17-/m0/s1. The molecule has 1 aliphatic rings. The molecule has 2 aromatic carbocycles. The first-order valence-corrected chi connectivity index (χ1v) is 8.76. The van der Waals surface area contributed by atoms with Crippen LogP contribution >= 0.6 is 11.6 Å². The number of ether oxygens (including phenoxy) is 2. The van der Waals surface area contributed by atoms with E-state index in [1.165, 1.54) is 0 Å². The first-order valence-electron chi connectivity index (χ1n) is 8.39. The van der Waals surface area contributed by atoms with Gasteiger partial charge in [0.15, 0.2) is 5.69 Å². The van der Waals surface area contributed by atoms with Gasteiger partial charge in [0.05, 0.1) is 26.0 Å². The lowest BCUT2D eigenvalue weighted by Crippen LogP contribution is -2.24. The van der Waals surface area contributed by atoms with Crippen LogP contribution in [0.3, 0.4) is 0 Å². The predicted molar refractivity (Wildman–Crippen MR) is 100.0 cm³/mol. The van der Waals surface area contributed by atoms with Crippen molar-refractivity contribution in [1.82, 2.24) is 15.0 Å². The van der Waals surface area contributed by atoms with Crippen molar-refractivity contribution >= 4 is 23.2 Å². The first-order chi connectivity index (χ1) is 13.1. The van der Waals surface area contributed by atoms with Gasteiger partial charge >= 0.3 is 0 Å². The molecule has 1 aliphatic heterocycles. The van der Waals surface area contributed by atoms with Gasteiger partial charge in [0.25, 0.3) is 5.91 Å². The van der Waals surface area contributed by atoms with Gasteiger partial charge in [0.1, 0.15) is 11.9 Å². The molecule has 1 aromatic heterocycles. The summed E-state index contributed by atoms with van der Waals surface area (Å²) in [6.45, 7) is 0.737. The topological polar surface area (TPSA) is 78.3 Å². The number of methoxy groups -OCH3 is 1. The van der Waals surface area contributed by atoms with E-state index >= 15 is 0 Å². The van der Waals surface area contributed by atoms with Crippen LogP contribution in [0.2, 0.25) is 5.02 Å². The van der Waals surface area contributed by atoms with Crippen LogP contribution in [0.4, 0.5) is 5.69 Å². The van der Waals surface area contributed by atoms with Crippen molar-refractivity contribution in [3.63, 3.8) is 0 Å². The summed E-state index contributed by atoms with van der Waals surface area (Å²) in [7, 11) is 1.63. The van der Waals surface area contributed by atoms with Crippen LogP contribution in [0, 0.1) is 0 Å². The van der Waals surface area contributed by atoms with E-state index < -0.39 is 0 Å². The average Bonchev–Trinajstić information content (AvgIpc) is 3.11. The Morgan fingerprint density at radius 2 is 2.11 bits per heavy atom. The lowest BCUT2D eigenvalue weighted by Gasteiger charge is -2.24. The predicted octanol–water partition coefficient (Wildman–Crippen LogP) is 3.46. The number of nitrogens with zero attached hydrogens (tertiary/aromatic N) is 3. The molecule has 1 amide bonds. The van der Waals surface area contributed by atoms with Crippen molar-refractivity contribution in [2.45, 2.75) is 19.3 Å². The number of anilines is 1. The van der Waals surface area contributed by atoms with Crippen LogP contribution in [0.1, 0.15) is 27.8 Å². The molecule has 3 aromatic rings. The number of benzene rings is 2. The summed E-state index contributed by atoms with van der Waals surface area (Å²) in [6.07, 6.45) is -0.158. The van der Waals surface area contributed by atoms with E-state index in [0.717, 1.165) is 11.3 Å². The SMILES string of the molecule is COc1ccc([C@@H]2Cn3nnc(C(=O)Nc4cccc(Cl)c4)c3CO2)cc1. The van der Waals surface area contributed by atoms with Crippen LogP contribution in [0.15, 0.2) is 48.5 Å². The molecule has 2 heterocycles. The molecular weight excluding hydrogens is 368 g/mol. The van der Waals surface area contributed by atoms with Crippen molar-refractivity contribution < 1.29 is 14.3 Å². The zero-order valence-electron chi connectivity index (χ0n) is 14.6. The Morgan fingerprint density at radius 3 is 2.85 bits per heavy atom. The van der Waals surface area contributed by atoms with Gasteiger partial charge in [-0.3, -0.25) is 4.79 Å². The van der Waals surface area contributed by atoms with Gasteiger partial charge < -0.3 is 14.8 Å². The fourth-order valence-electron chi connectivity index (χ4n) is 2.96. The lowest BCUT2D eigenvalue weighted by atomic mass is 10.1. The molecule has 0 spiro atoms. The summed E-state index contributed by atoms with van der Waals surface area (Å²) in [4.78, 5) is 12.5. The molecule has 0 radical (unpaired) electrons. The molecule has 1 N–H and O–H groups in total. The maximum atomic E-state index is 12.5. The van der Waals surface area contributed by atoms with Gasteiger partial charge in [0.2, 0.25) is 0 Å².